The largest absolute Gasteiger partial charge is 0.449 e. The molecule has 2 aromatic carbocycles. The summed E-state index contributed by atoms with van der Waals surface area (Å²) >= 11 is 11.5. The fourth-order valence-electron chi connectivity index (χ4n) is 2.25. The van der Waals surface area contributed by atoms with Crippen molar-refractivity contribution in [2.45, 2.75) is 25.9 Å². The molecular weight excluding hydrogens is 380 g/mol. The van der Waals surface area contributed by atoms with Crippen molar-refractivity contribution in [3.63, 3.8) is 0 Å². The monoisotopic (exact) mass is 397 g/mol. The minimum Gasteiger partial charge on any atom is -0.449 e. The Morgan fingerprint density at radius 3 is 2.42 bits per heavy atom. The Kier molecular flexibility index (Phi) is 7.00. The van der Waals surface area contributed by atoms with Crippen LogP contribution in [0, 0.1) is 5.82 Å². The van der Waals surface area contributed by atoms with Gasteiger partial charge in [0.15, 0.2) is 6.10 Å². The molecule has 1 N–H and O–H groups in total. The lowest BCUT2D eigenvalue weighted by Gasteiger charge is -2.17. The molecule has 26 heavy (non-hydrogen) atoms. The smallest absolute Gasteiger partial charge is 0.340 e. The molecule has 0 aliphatic heterocycles. The van der Waals surface area contributed by atoms with Gasteiger partial charge in [-0.3, -0.25) is 4.79 Å². The molecule has 0 radical (unpaired) electrons. The summed E-state index contributed by atoms with van der Waals surface area (Å²) in [6.45, 7) is 3.80. The molecule has 0 heterocycles. The second-order valence-electron chi connectivity index (χ2n) is 5.85. The van der Waals surface area contributed by atoms with E-state index in [1.165, 1.54) is 6.92 Å². The molecular formula is C19H18Cl2FNO3. The molecule has 2 atom stereocenters. The molecule has 138 valence electrons. The quantitative estimate of drug-likeness (QED) is 0.572. The average Bonchev–Trinajstić information content (AvgIpc) is 2.62. The van der Waals surface area contributed by atoms with E-state index in [4.69, 9.17) is 27.9 Å². The summed E-state index contributed by atoms with van der Waals surface area (Å²) < 4.78 is 18.6. The molecule has 7 heteroatoms. The number of ether oxygens (including phenoxy) is 1. The topological polar surface area (TPSA) is 55.4 Å². The summed E-state index contributed by atoms with van der Waals surface area (Å²) in [4.78, 5) is 24.2. The number of amides is 1. The Labute approximate surface area is 161 Å². The maximum atomic E-state index is 13.5. The summed E-state index contributed by atoms with van der Waals surface area (Å²) in [5, 5.41) is 2.48. The number of hydrogen-bond donors (Lipinski definition) is 1. The number of nitrogens with one attached hydrogen (secondary N) is 1. The number of hydrogen-bond acceptors (Lipinski definition) is 3. The van der Waals surface area contributed by atoms with Gasteiger partial charge in [-0.25, -0.2) is 9.18 Å². The molecule has 4 nitrogen and oxygen atoms in total. The minimum absolute atomic E-state index is 0.0493. The van der Waals surface area contributed by atoms with Crippen molar-refractivity contribution in [1.29, 1.82) is 0 Å². The fraction of sp³-hybridized carbons (Fsp3) is 0.263. The first-order chi connectivity index (χ1) is 12.3. The van der Waals surface area contributed by atoms with Crippen molar-refractivity contribution >= 4 is 35.1 Å². The van der Waals surface area contributed by atoms with Gasteiger partial charge in [0.1, 0.15) is 5.82 Å². The predicted molar refractivity (Wildman–Crippen MR) is 99.2 cm³/mol. The Morgan fingerprint density at radius 1 is 1.12 bits per heavy atom. The van der Waals surface area contributed by atoms with Crippen molar-refractivity contribution in [3.05, 3.63) is 69.5 Å². The molecule has 0 spiro atoms. The van der Waals surface area contributed by atoms with Crippen LogP contribution in [0.2, 0.25) is 10.0 Å². The van der Waals surface area contributed by atoms with E-state index in [0.717, 1.165) is 17.7 Å². The minimum atomic E-state index is -1.06. The number of benzene rings is 2. The van der Waals surface area contributed by atoms with Gasteiger partial charge in [0.25, 0.3) is 5.91 Å². The summed E-state index contributed by atoms with van der Waals surface area (Å²) in [7, 11) is 0. The first-order valence-electron chi connectivity index (χ1n) is 7.97. The van der Waals surface area contributed by atoms with Crippen LogP contribution in [0.5, 0.6) is 0 Å². The van der Waals surface area contributed by atoms with Crippen molar-refractivity contribution in [2.24, 2.45) is 0 Å². The third-order valence-corrected chi connectivity index (χ3v) is 4.44. The standard InChI is InChI=1S/C19H18Cl2FNO3/c1-11(13-6-4-3-5-7-13)10-23-18(24)12(2)26-19(25)14-8-17(22)16(21)9-15(14)20/h3-9,11-12H,10H2,1-2H3,(H,23,24)/t11-,12-/m1/s1. The third kappa shape index (κ3) is 5.19. The van der Waals surface area contributed by atoms with E-state index in [2.05, 4.69) is 5.32 Å². The Bertz CT molecular complexity index is 799. The SMILES string of the molecule is C[C@H](CNC(=O)[C@@H](C)OC(=O)c1cc(F)c(Cl)cc1Cl)c1ccccc1. The van der Waals surface area contributed by atoms with E-state index in [1.54, 1.807) is 0 Å². The highest BCUT2D eigenvalue weighted by Gasteiger charge is 2.22. The van der Waals surface area contributed by atoms with Crippen molar-refractivity contribution in [2.75, 3.05) is 6.54 Å². The van der Waals surface area contributed by atoms with E-state index in [1.807, 2.05) is 37.3 Å². The number of carbonyl (C=O) groups excluding carboxylic acids is 2. The molecule has 2 rings (SSSR count). The number of esters is 1. The van der Waals surface area contributed by atoms with Crippen LogP contribution in [0.25, 0.3) is 0 Å². The van der Waals surface area contributed by atoms with Gasteiger partial charge in [0.05, 0.1) is 15.6 Å². The highest BCUT2D eigenvalue weighted by atomic mass is 35.5. The van der Waals surface area contributed by atoms with E-state index in [-0.39, 0.29) is 21.5 Å². The maximum absolute atomic E-state index is 13.5. The Balaban J connectivity index is 1.92. The molecule has 0 saturated heterocycles. The average molecular weight is 398 g/mol. The zero-order valence-corrected chi connectivity index (χ0v) is 15.8. The fourth-order valence-corrected chi connectivity index (χ4v) is 2.71. The molecule has 2 aromatic rings. The number of carbonyl (C=O) groups is 2. The van der Waals surface area contributed by atoms with Gasteiger partial charge in [0, 0.05) is 6.54 Å². The number of rotatable bonds is 6. The van der Waals surface area contributed by atoms with Gasteiger partial charge >= 0.3 is 5.97 Å². The molecule has 0 unspecified atom stereocenters. The second-order valence-corrected chi connectivity index (χ2v) is 6.66. The van der Waals surface area contributed by atoms with Crippen LogP contribution in [0.1, 0.15) is 35.7 Å². The van der Waals surface area contributed by atoms with E-state index < -0.39 is 23.8 Å². The summed E-state index contributed by atoms with van der Waals surface area (Å²) in [6, 6.07) is 11.7. The van der Waals surface area contributed by atoms with Gasteiger partial charge in [-0.1, -0.05) is 60.5 Å². The normalized spacial score (nSPS) is 13.0. The van der Waals surface area contributed by atoms with Crippen LogP contribution in [-0.4, -0.2) is 24.5 Å². The lowest BCUT2D eigenvalue weighted by atomic mass is 10.0. The van der Waals surface area contributed by atoms with Crippen molar-refractivity contribution < 1.29 is 18.7 Å². The molecule has 0 fully saturated rings. The predicted octanol–water partition coefficient (Wildman–Crippen LogP) is 4.60. The van der Waals surface area contributed by atoms with Crippen LogP contribution >= 0.6 is 23.2 Å². The molecule has 0 aromatic heterocycles. The summed E-state index contributed by atoms with van der Waals surface area (Å²) in [6.07, 6.45) is -1.06. The van der Waals surface area contributed by atoms with Crippen LogP contribution < -0.4 is 5.32 Å². The zero-order chi connectivity index (χ0) is 19.3. The van der Waals surface area contributed by atoms with E-state index in [0.29, 0.717) is 6.54 Å². The van der Waals surface area contributed by atoms with Gasteiger partial charge < -0.3 is 10.1 Å². The van der Waals surface area contributed by atoms with Gasteiger partial charge in [-0.2, -0.15) is 0 Å². The van der Waals surface area contributed by atoms with Crippen molar-refractivity contribution in [3.8, 4) is 0 Å². The summed E-state index contributed by atoms with van der Waals surface area (Å²) in [5.41, 5.74) is 0.895. The molecule has 0 bridgehead atoms. The summed E-state index contributed by atoms with van der Waals surface area (Å²) in [5.74, 6) is -2.05. The molecule has 0 aliphatic carbocycles. The maximum Gasteiger partial charge on any atom is 0.340 e. The Hall–Kier alpha value is -2.11. The highest BCUT2D eigenvalue weighted by molar-refractivity contribution is 6.36. The van der Waals surface area contributed by atoms with Gasteiger partial charge in [-0.05, 0) is 30.5 Å². The number of halogens is 3. The zero-order valence-electron chi connectivity index (χ0n) is 14.3. The van der Waals surface area contributed by atoms with Crippen LogP contribution in [0.3, 0.4) is 0 Å². The van der Waals surface area contributed by atoms with Gasteiger partial charge in [0.2, 0.25) is 0 Å². The first kappa shape index (κ1) is 20.2. The van der Waals surface area contributed by atoms with E-state index in [9.17, 15) is 14.0 Å². The van der Waals surface area contributed by atoms with E-state index >= 15 is 0 Å². The molecule has 0 aliphatic rings. The van der Waals surface area contributed by atoms with Gasteiger partial charge in [-0.15, -0.1) is 0 Å². The van der Waals surface area contributed by atoms with Crippen LogP contribution in [-0.2, 0) is 9.53 Å². The lowest BCUT2D eigenvalue weighted by Crippen LogP contribution is -2.37. The van der Waals surface area contributed by atoms with Crippen LogP contribution in [0.15, 0.2) is 42.5 Å². The van der Waals surface area contributed by atoms with Crippen LogP contribution in [0.4, 0.5) is 4.39 Å². The molecule has 1 amide bonds. The van der Waals surface area contributed by atoms with Crippen molar-refractivity contribution in [1.82, 2.24) is 5.32 Å². The Morgan fingerprint density at radius 2 is 1.77 bits per heavy atom. The highest BCUT2D eigenvalue weighted by Crippen LogP contribution is 2.25. The molecule has 0 saturated carbocycles. The second kappa shape index (κ2) is 9.01. The third-order valence-electron chi connectivity index (χ3n) is 3.83. The lowest BCUT2D eigenvalue weighted by molar-refractivity contribution is -0.129. The first-order valence-corrected chi connectivity index (χ1v) is 8.73.